The number of pyridine rings is 1. The van der Waals surface area contributed by atoms with Crippen molar-refractivity contribution >= 4 is 11.5 Å². The molecular formula is C13H9FN2O4. The van der Waals surface area contributed by atoms with Crippen LogP contribution in [0.25, 0.3) is 0 Å². The predicted molar refractivity (Wildman–Crippen MR) is 67.4 cm³/mol. The number of hydrogen-bond acceptors (Lipinski definition) is 5. The van der Waals surface area contributed by atoms with Crippen LogP contribution in [0.2, 0.25) is 0 Å². The van der Waals surface area contributed by atoms with Gasteiger partial charge in [0, 0.05) is 23.9 Å². The second-order valence-electron chi connectivity index (χ2n) is 3.89. The number of ketones is 1. The molecule has 20 heavy (non-hydrogen) atoms. The lowest BCUT2D eigenvalue weighted by Gasteiger charge is -2.06. The molecule has 0 saturated heterocycles. The molecule has 2 rings (SSSR count). The maximum atomic E-state index is 13.6. The van der Waals surface area contributed by atoms with Crippen LogP contribution in [0.15, 0.2) is 36.5 Å². The number of nitro groups is 1. The highest BCUT2D eigenvalue weighted by molar-refractivity contribution is 5.93. The first-order valence-electron chi connectivity index (χ1n) is 5.57. The molecule has 0 aliphatic carbocycles. The van der Waals surface area contributed by atoms with Crippen molar-refractivity contribution in [2.45, 2.75) is 6.92 Å². The van der Waals surface area contributed by atoms with E-state index in [9.17, 15) is 19.3 Å². The number of carbonyl (C=O) groups excluding carboxylic acids is 1. The number of aromatic nitrogens is 1. The summed E-state index contributed by atoms with van der Waals surface area (Å²) in [5.74, 6) is -1.60. The Balaban J connectivity index is 2.34. The van der Waals surface area contributed by atoms with E-state index in [0.29, 0.717) is 5.56 Å². The molecule has 0 bridgehead atoms. The monoisotopic (exact) mass is 276 g/mol. The maximum absolute atomic E-state index is 13.6. The second-order valence-corrected chi connectivity index (χ2v) is 3.89. The minimum Gasteiger partial charge on any atom is -0.429 e. The molecule has 0 spiro atoms. The fraction of sp³-hybridized carbons (Fsp3) is 0.0769. The molecule has 0 aliphatic rings. The number of benzene rings is 1. The van der Waals surface area contributed by atoms with Crippen LogP contribution in [0, 0.1) is 15.9 Å². The Morgan fingerprint density at radius 2 is 2.10 bits per heavy atom. The van der Waals surface area contributed by atoms with Crippen molar-refractivity contribution < 1.29 is 18.8 Å². The standard InChI is InChI=1S/C13H9FN2O4/c1-8(17)9-5-6-12(15-7-9)20-13-10(14)3-2-4-11(13)16(18)19/h2-7H,1H3. The molecule has 0 fully saturated rings. The van der Waals surface area contributed by atoms with Crippen molar-refractivity contribution in [3.63, 3.8) is 0 Å². The average molecular weight is 276 g/mol. The Morgan fingerprint density at radius 1 is 1.35 bits per heavy atom. The van der Waals surface area contributed by atoms with Gasteiger partial charge < -0.3 is 4.74 Å². The smallest absolute Gasteiger partial charge is 0.314 e. The molecule has 0 amide bonds. The van der Waals surface area contributed by atoms with Gasteiger partial charge in [0.1, 0.15) is 0 Å². The van der Waals surface area contributed by atoms with Gasteiger partial charge >= 0.3 is 5.69 Å². The third-order valence-corrected chi connectivity index (χ3v) is 2.49. The fourth-order valence-corrected chi connectivity index (χ4v) is 1.50. The molecule has 1 aromatic carbocycles. The summed E-state index contributed by atoms with van der Waals surface area (Å²) in [6.07, 6.45) is 1.25. The van der Waals surface area contributed by atoms with Crippen molar-refractivity contribution in [3.8, 4) is 11.6 Å². The largest absolute Gasteiger partial charge is 0.429 e. The Morgan fingerprint density at radius 3 is 2.65 bits per heavy atom. The van der Waals surface area contributed by atoms with Crippen LogP contribution in [-0.2, 0) is 0 Å². The molecule has 0 N–H and O–H groups in total. The van der Waals surface area contributed by atoms with Gasteiger partial charge in [0.05, 0.1) is 4.92 Å². The number of ether oxygens (including phenoxy) is 1. The van der Waals surface area contributed by atoms with E-state index in [1.54, 1.807) is 0 Å². The van der Waals surface area contributed by atoms with Gasteiger partial charge in [-0.15, -0.1) is 0 Å². The van der Waals surface area contributed by atoms with E-state index in [-0.39, 0.29) is 11.7 Å². The number of carbonyl (C=O) groups is 1. The topological polar surface area (TPSA) is 82.3 Å². The summed E-state index contributed by atoms with van der Waals surface area (Å²) in [7, 11) is 0. The summed E-state index contributed by atoms with van der Waals surface area (Å²) in [5.41, 5.74) is -0.136. The second kappa shape index (κ2) is 5.43. The molecule has 6 nitrogen and oxygen atoms in total. The van der Waals surface area contributed by atoms with Gasteiger partial charge in [-0.1, -0.05) is 6.07 Å². The molecular weight excluding hydrogens is 267 g/mol. The SMILES string of the molecule is CC(=O)c1ccc(Oc2c(F)cccc2[N+](=O)[O-])nc1. The van der Waals surface area contributed by atoms with Crippen LogP contribution in [0.5, 0.6) is 11.6 Å². The summed E-state index contributed by atoms with van der Waals surface area (Å²) in [4.78, 5) is 24.9. The summed E-state index contributed by atoms with van der Waals surface area (Å²) >= 11 is 0. The first-order chi connectivity index (χ1) is 9.49. The number of rotatable bonds is 4. The third kappa shape index (κ3) is 2.77. The van der Waals surface area contributed by atoms with Gasteiger partial charge in [-0.2, -0.15) is 0 Å². The number of nitro benzene ring substituents is 1. The van der Waals surface area contributed by atoms with E-state index in [1.807, 2.05) is 0 Å². The Kier molecular flexibility index (Phi) is 3.69. The minimum absolute atomic E-state index is 0.0387. The number of Topliss-reactive ketones (excluding diaryl/α,β-unsaturated/α-hetero) is 1. The molecule has 0 radical (unpaired) electrons. The van der Waals surface area contributed by atoms with Crippen LogP contribution in [0.3, 0.4) is 0 Å². The Hall–Kier alpha value is -2.83. The predicted octanol–water partition coefficient (Wildman–Crippen LogP) is 3.12. The van der Waals surface area contributed by atoms with E-state index >= 15 is 0 Å². The number of halogens is 1. The van der Waals surface area contributed by atoms with Gasteiger partial charge in [-0.25, -0.2) is 9.37 Å². The summed E-state index contributed by atoms with van der Waals surface area (Å²) < 4.78 is 18.7. The summed E-state index contributed by atoms with van der Waals surface area (Å²) in [6.45, 7) is 1.37. The highest BCUT2D eigenvalue weighted by Crippen LogP contribution is 2.32. The summed E-state index contributed by atoms with van der Waals surface area (Å²) in [6, 6.07) is 6.17. The van der Waals surface area contributed by atoms with Crippen molar-refractivity contribution in [2.75, 3.05) is 0 Å². The maximum Gasteiger partial charge on any atom is 0.314 e. The van der Waals surface area contributed by atoms with Crippen LogP contribution in [-0.4, -0.2) is 15.7 Å². The molecule has 102 valence electrons. The molecule has 0 aliphatic heterocycles. The zero-order valence-corrected chi connectivity index (χ0v) is 10.4. The van der Waals surface area contributed by atoms with Crippen LogP contribution in [0.4, 0.5) is 10.1 Å². The van der Waals surface area contributed by atoms with Gasteiger partial charge in [0.2, 0.25) is 11.6 Å². The molecule has 0 saturated carbocycles. The van der Waals surface area contributed by atoms with E-state index in [1.165, 1.54) is 31.3 Å². The van der Waals surface area contributed by atoms with Gasteiger partial charge in [-0.05, 0) is 19.1 Å². The highest BCUT2D eigenvalue weighted by atomic mass is 19.1. The quantitative estimate of drug-likeness (QED) is 0.486. The lowest BCUT2D eigenvalue weighted by Crippen LogP contribution is -1.98. The van der Waals surface area contributed by atoms with Gasteiger partial charge in [-0.3, -0.25) is 14.9 Å². The third-order valence-electron chi connectivity index (χ3n) is 2.49. The van der Waals surface area contributed by atoms with Gasteiger partial charge in [0.25, 0.3) is 0 Å². The fourth-order valence-electron chi connectivity index (χ4n) is 1.50. The first-order valence-corrected chi connectivity index (χ1v) is 5.57. The van der Waals surface area contributed by atoms with E-state index in [4.69, 9.17) is 4.74 Å². The average Bonchev–Trinajstić information content (AvgIpc) is 2.41. The zero-order valence-electron chi connectivity index (χ0n) is 10.4. The minimum atomic E-state index is -0.864. The van der Waals surface area contributed by atoms with Crippen molar-refractivity contribution in [1.29, 1.82) is 0 Å². The van der Waals surface area contributed by atoms with Crippen LogP contribution < -0.4 is 4.74 Å². The van der Waals surface area contributed by atoms with Crippen LogP contribution in [0.1, 0.15) is 17.3 Å². The number of nitrogens with zero attached hydrogens (tertiary/aromatic N) is 2. The molecule has 0 unspecified atom stereocenters. The van der Waals surface area contributed by atoms with Crippen molar-refractivity contribution in [3.05, 3.63) is 58.0 Å². The Bertz CT molecular complexity index is 671. The highest BCUT2D eigenvalue weighted by Gasteiger charge is 2.20. The normalized spacial score (nSPS) is 10.1. The van der Waals surface area contributed by atoms with Crippen LogP contribution >= 0.6 is 0 Å². The summed E-state index contributed by atoms with van der Waals surface area (Å²) in [5, 5.41) is 10.8. The molecule has 0 atom stereocenters. The van der Waals surface area contributed by atoms with E-state index in [0.717, 1.165) is 12.1 Å². The lowest BCUT2D eigenvalue weighted by atomic mass is 10.2. The van der Waals surface area contributed by atoms with Crippen molar-refractivity contribution in [1.82, 2.24) is 4.98 Å². The van der Waals surface area contributed by atoms with Gasteiger partial charge in [0.15, 0.2) is 11.6 Å². The first kappa shape index (κ1) is 13.6. The number of hydrogen-bond donors (Lipinski definition) is 0. The van der Waals surface area contributed by atoms with Crippen molar-refractivity contribution in [2.24, 2.45) is 0 Å². The Labute approximate surface area is 113 Å². The lowest BCUT2D eigenvalue weighted by molar-refractivity contribution is -0.385. The molecule has 2 aromatic rings. The molecule has 1 aromatic heterocycles. The molecule has 1 heterocycles. The van der Waals surface area contributed by atoms with E-state index < -0.39 is 22.2 Å². The zero-order chi connectivity index (χ0) is 14.7. The molecule has 7 heteroatoms. The van der Waals surface area contributed by atoms with E-state index in [2.05, 4.69) is 4.98 Å². The number of para-hydroxylation sites is 1.